The van der Waals surface area contributed by atoms with Crippen LogP contribution in [0.2, 0.25) is 0 Å². The average Bonchev–Trinajstić information content (AvgIpc) is 3.24. The van der Waals surface area contributed by atoms with Gasteiger partial charge >= 0.3 is 5.63 Å². The Labute approximate surface area is 177 Å². The van der Waals surface area contributed by atoms with Gasteiger partial charge in [0.25, 0.3) is 5.69 Å². The first-order chi connectivity index (χ1) is 15.0. The molecule has 0 bridgehead atoms. The highest BCUT2D eigenvalue weighted by Crippen LogP contribution is 2.28. The third-order valence-corrected chi connectivity index (χ3v) is 5.18. The van der Waals surface area contributed by atoms with Crippen molar-refractivity contribution >= 4 is 39.3 Å². The Kier molecular flexibility index (Phi) is 5.26. The van der Waals surface area contributed by atoms with E-state index in [0.717, 1.165) is 28.9 Å². The highest BCUT2D eigenvalue weighted by molar-refractivity contribution is 7.11. The van der Waals surface area contributed by atoms with Crippen LogP contribution in [-0.2, 0) is 0 Å². The molecule has 0 aliphatic rings. The summed E-state index contributed by atoms with van der Waals surface area (Å²) in [4.78, 5) is 27.0. The summed E-state index contributed by atoms with van der Waals surface area (Å²) < 4.78 is 18.6. The van der Waals surface area contributed by atoms with E-state index in [-0.39, 0.29) is 16.8 Å². The number of halogens is 1. The Morgan fingerprint density at radius 2 is 2.10 bits per heavy atom. The monoisotopic (exact) mass is 434 g/mol. The summed E-state index contributed by atoms with van der Waals surface area (Å²) in [5.74, 6) is -0.750. The Bertz CT molecular complexity index is 1450. The molecule has 4 aromatic rings. The van der Waals surface area contributed by atoms with Crippen LogP contribution in [0.4, 0.5) is 15.8 Å². The van der Waals surface area contributed by atoms with E-state index in [2.05, 4.69) is 10.3 Å². The van der Waals surface area contributed by atoms with Crippen molar-refractivity contribution < 1.29 is 13.7 Å². The fourth-order valence-electron chi connectivity index (χ4n) is 2.83. The predicted octanol–water partition coefficient (Wildman–Crippen LogP) is 4.94. The average molecular weight is 434 g/mol. The Hall–Kier alpha value is -4.36. The molecule has 0 fully saturated rings. The van der Waals surface area contributed by atoms with E-state index in [9.17, 15) is 24.6 Å². The highest BCUT2D eigenvalue weighted by Gasteiger charge is 2.16. The minimum Gasteiger partial charge on any atom is -0.422 e. The number of nitro benzene ring substituents is 1. The summed E-state index contributed by atoms with van der Waals surface area (Å²) in [5, 5.41) is 25.9. The molecule has 4 rings (SSSR count). The smallest absolute Gasteiger partial charge is 0.345 e. The fourth-order valence-corrected chi connectivity index (χ4v) is 3.62. The molecule has 10 heteroatoms. The largest absolute Gasteiger partial charge is 0.422 e. The van der Waals surface area contributed by atoms with Crippen LogP contribution >= 0.6 is 11.3 Å². The first kappa shape index (κ1) is 19.9. The van der Waals surface area contributed by atoms with Crippen LogP contribution in [0.3, 0.4) is 0 Å². The number of nitrogens with zero attached hydrogens (tertiary/aromatic N) is 3. The first-order valence-electron chi connectivity index (χ1n) is 8.76. The van der Waals surface area contributed by atoms with Gasteiger partial charge in [-0.1, -0.05) is 18.2 Å². The second-order valence-corrected chi connectivity index (χ2v) is 7.11. The summed E-state index contributed by atoms with van der Waals surface area (Å²) in [6.07, 6.45) is 1.24. The van der Waals surface area contributed by atoms with Gasteiger partial charge in [-0.15, -0.1) is 11.3 Å². The third-order valence-electron chi connectivity index (χ3n) is 4.30. The van der Waals surface area contributed by atoms with Gasteiger partial charge in [0.05, 0.1) is 22.2 Å². The topological polar surface area (TPSA) is 122 Å². The van der Waals surface area contributed by atoms with Crippen molar-refractivity contribution in [1.82, 2.24) is 4.98 Å². The fraction of sp³-hybridized carbons (Fsp3) is 0. The van der Waals surface area contributed by atoms with E-state index in [1.807, 2.05) is 12.1 Å². The van der Waals surface area contributed by atoms with Gasteiger partial charge in [0.1, 0.15) is 33.7 Å². The van der Waals surface area contributed by atoms with Crippen molar-refractivity contribution in [3.05, 3.63) is 91.5 Å². The number of anilines is 1. The lowest BCUT2D eigenvalue weighted by Crippen LogP contribution is -2.03. The number of fused-ring (bicyclic) bond motifs is 1. The van der Waals surface area contributed by atoms with E-state index in [0.29, 0.717) is 16.3 Å². The molecule has 0 aliphatic heterocycles. The Morgan fingerprint density at radius 3 is 2.87 bits per heavy atom. The minimum atomic E-state index is -0.750. The Balaban J connectivity index is 1.67. The third kappa shape index (κ3) is 4.03. The summed E-state index contributed by atoms with van der Waals surface area (Å²) in [6, 6.07) is 13.7. The lowest BCUT2D eigenvalue weighted by Gasteiger charge is -2.03. The molecule has 0 unspecified atom stereocenters. The quantitative estimate of drug-likeness (QED) is 0.204. The molecule has 152 valence electrons. The molecule has 0 saturated carbocycles. The van der Waals surface area contributed by atoms with Gasteiger partial charge in [-0.05, 0) is 24.3 Å². The van der Waals surface area contributed by atoms with E-state index >= 15 is 0 Å². The molecule has 2 heterocycles. The van der Waals surface area contributed by atoms with Crippen LogP contribution in [0, 0.1) is 27.3 Å². The van der Waals surface area contributed by atoms with E-state index in [1.165, 1.54) is 12.3 Å². The second kappa shape index (κ2) is 8.17. The summed E-state index contributed by atoms with van der Waals surface area (Å²) in [7, 11) is 0. The summed E-state index contributed by atoms with van der Waals surface area (Å²) in [5.41, 5.74) is 0.120. The minimum absolute atomic E-state index is 0.0195. The number of nitro groups is 1. The van der Waals surface area contributed by atoms with Gasteiger partial charge in [0.2, 0.25) is 0 Å². The van der Waals surface area contributed by atoms with E-state index < -0.39 is 22.1 Å². The van der Waals surface area contributed by atoms with Gasteiger partial charge in [0, 0.05) is 17.0 Å². The number of nitriles is 1. The summed E-state index contributed by atoms with van der Waals surface area (Å²) >= 11 is 1.12. The molecule has 0 spiro atoms. The standard InChI is InChI=1S/C21H11FN4O4S/c22-14-5-6-16(18(8-14)26(28)29)24-10-13(9-23)20-25-17(11-31-20)15-7-12-3-1-2-4-19(12)30-21(15)27/h1-8,10-11,24H/b13-10+. The molecule has 0 saturated heterocycles. The predicted molar refractivity (Wildman–Crippen MR) is 114 cm³/mol. The molecule has 2 aromatic carbocycles. The maximum Gasteiger partial charge on any atom is 0.345 e. The van der Waals surface area contributed by atoms with Gasteiger partial charge in [-0.25, -0.2) is 14.2 Å². The zero-order valence-corrected chi connectivity index (χ0v) is 16.4. The first-order valence-corrected chi connectivity index (χ1v) is 9.64. The number of hydrogen-bond donors (Lipinski definition) is 1. The number of rotatable bonds is 5. The molecule has 0 radical (unpaired) electrons. The lowest BCUT2D eigenvalue weighted by molar-refractivity contribution is -0.384. The van der Waals surface area contributed by atoms with Crippen molar-refractivity contribution in [2.75, 3.05) is 5.32 Å². The van der Waals surface area contributed by atoms with Gasteiger partial charge in [-0.2, -0.15) is 5.26 Å². The molecule has 8 nitrogen and oxygen atoms in total. The maximum atomic E-state index is 13.3. The molecule has 0 aliphatic carbocycles. The van der Waals surface area contributed by atoms with Gasteiger partial charge in [0.15, 0.2) is 0 Å². The van der Waals surface area contributed by atoms with Crippen molar-refractivity contribution in [3.8, 4) is 17.3 Å². The van der Waals surface area contributed by atoms with Crippen LogP contribution in [0.5, 0.6) is 0 Å². The molecule has 2 aromatic heterocycles. The number of thiazole rings is 1. The number of nitrogens with one attached hydrogen (secondary N) is 1. The lowest BCUT2D eigenvalue weighted by atomic mass is 10.1. The highest BCUT2D eigenvalue weighted by atomic mass is 32.1. The van der Waals surface area contributed by atoms with Crippen LogP contribution in [0.15, 0.2) is 69.3 Å². The number of para-hydroxylation sites is 1. The zero-order valence-electron chi connectivity index (χ0n) is 15.5. The SMILES string of the molecule is N#C/C(=C\Nc1ccc(F)cc1[N+](=O)[O-])c1nc(-c2cc3ccccc3oc2=O)cs1. The van der Waals surface area contributed by atoms with Crippen molar-refractivity contribution in [2.45, 2.75) is 0 Å². The van der Waals surface area contributed by atoms with Crippen molar-refractivity contribution in [2.24, 2.45) is 0 Å². The van der Waals surface area contributed by atoms with Crippen LogP contribution in [0.1, 0.15) is 5.01 Å². The molecule has 1 N–H and O–H groups in total. The molecule has 0 atom stereocenters. The molecular weight excluding hydrogens is 423 g/mol. The van der Waals surface area contributed by atoms with Crippen LogP contribution in [-0.4, -0.2) is 9.91 Å². The number of allylic oxidation sites excluding steroid dienone is 1. The molecule has 0 amide bonds. The van der Waals surface area contributed by atoms with Gasteiger partial charge < -0.3 is 9.73 Å². The maximum absolute atomic E-state index is 13.3. The second-order valence-electron chi connectivity index (χ2n) is 6.26. The zero-order chi connectivity index (χ0) is 22.0. The Morgan fingerprint density at radius 1 is 1.29 bits per heavy atom. The number of aromatic nitrogens is 1. The van der Waals surface area contributed by atoms with Crippen molar-refractivity contribution in [3.63, 3.8) is 0 Å². The van der Waals surface area contributed by atoms with Crippen LogP contribution < -0.4 is 10.9 Å². The molecular formula is C21H11FN4O4S. The van der Waals surface area contributed by atoms with Crippen LogP contribution in [0.25, 0.3) is 27.8 Å². The normalized spacial score (nSPS) is 11.3. The molecule has 31 heavy (non-hydrogen) atoms. The van der Waals surface area contributed by atoms with Gasteiger partial charge in [-0.3, -0.25) is 10.1 Å². The summed E-state index contributed by atoms with van der Waals surface area (Å²) in [6.45, 7) is 0. The number of hydrogen-bond acceptors (Lipinski definition) is 8. The number of benzene rings is 2. The van der Waals surface area contributed by atoms with E-state index in [1.54, 1.807) is 29.6 Å². The van der Waals surface area contributed by atoms with Crippen molar-refractivity contribution in [1.29, 1.82) is 5.26 Å². The van der Waals surface area contributed by atoms with E-state index in [4.69, 9.17) is 4.42 Å².